The maximum Gasteiger partial charge on any atom is 0.331 e. The van der Waals surface area contributed by atoms with Crippen molar-refractivity contribution in [2.75, 3.05) is 13.7 Å². The van der Waals surface area contributed by atoms with Gasteiger partial charge in [-0.15, -0.1) is 0 Å². The Morgan fingerprint density at radius 1 is 1.33 bits per heavy atom. The zero-order chi connectivity index (χ0) is 15.2. The minimum absolute atomic E-state index is 0.223. The average Bonchev–Trinajstić information content (AvgIpc) is 2.74. The van der Waals surface area contributed by atoms with E-state index in [0.29, 0.717) is 6.61 Å². The smallest absolute Gasteiger partial charge is 0.331 e. The first kappa shape index (κ1) is 15.5. The highest BCUT2D eigenvalue weighted by atomic mass is 16.6. The van der Waals surface area contributed by atoms with Crippen molar-refractivity contribution >= 4 is 11.9 Å². The summed E-state index contributed by atoms with van der Waals surface area (Å²) < 4.78 is 16.0. The molecule has 1 N–H and O–H groups in total. The molecule has 6 heteroatoms. The van der Waals surface area contributed by atoms with E-state index in [1.165, 1.54) is 14.0 Å². The van der Waals surface area contributed by atoms with Gasteiger partial charge in [0.2, 0.25) is 5.91 Å². The Morgan fingerprint density at radius 2 is 2.05 bits per heavy atom. The lowest BCUT2D eigenvalue weighted by atomic mass is 10.1. The predicted molar refractivity (Wildman–Crippen MR) is 74.4 cm³/mol. The molecule has 21 heavy (non-hydrogen) atoms. The summed E-state index contributed by atoms with van der Waals surface area (Å²) >= 11 is 0. The Balaban J connectivity index is 2.05. The van der Waals surface area contributed by atoms with Crippen LogP contribution in [0.2, 0.25) is 0 Å². The van der Waals surface area contributed by atoms with Crippen LogP contribution >= 0.6 is 0 Å². The molecule has 0 aliphatic carbocycles. The van der Waals surface area contributed by atoms with Gasteiger partial charge in [0.15, 0.2) is 12.1 Å². The molecule has 114 valence electrons. The second-order valence-electron chi connectivity index (χ2n) is 4.87. The molecule has 6 nitrogen and oxygen atoms in total. The van der Waals surface area contributed by atoms with Crippen molar-refractivity contribution in [1.82, 2.24) is 5.32 Å². The number of ether oxygens (including phenoxy) is 3. The van der Waals surface area contributed by atoms with Gasteiger partial charge in [-0.2, -0.15) is 0 Å². The van der Waals surface area contributed by atoms with E-state index >= 15 is 0 Å². The molecule has 1 heterocycles. The van der Waals surface area contributed by atoms with Crippen LogP contribution in [0, 0.1) is 0 Å². The first-order valence-corrected chi connectivity index (χ1v) is 6.74. The second-order valence-corrected chi connectivity index (χ2v) is 4.87. The molecule has 3 atom stereocenters. The Morgan fingerprint density at radius 3 is 2.67 bits per heavy atom. The van der Waals surface area contributed by atoms with Crippen LogP contribution in [0.25, 0.3) is 0 Å². The van der Waals surface area contributed by atoms with E-state index in [-0.39, 0.29) is 12.5 Å². The van der Waals surface area contributed by atoms with E-state index in [9.17, 15) is 9.59 Å². The molecule has 0 unspecified atom stereocenters. The molecular formula is C15H19NO5. The molecule has 1 aliphatic rings. The van der Waals surface area contributed by atoms with Crippen LogP contribution in [0.5, 0.6) is 0 Å². The van der Waals surface area contributed by atoms with Gasteiger partial charge in [0.25, 0.3) is 0 Å². The molecule has 0 spiro atoms. The van der Waals surface area contributed by atoms with E-state index < -0.39 is 24.2 Å². The number of carbonyl (C=O) groups excluding carboxylic acids is 2. The van der Waals surface area contributed by atoms with E-state index in [2.05, 4.69) is 5.32 Å². The minimum Gasteiger partial charge on any atom is -0.455 e. The first-order valence-electron chi connectivity index (χ1n) is 6.74. The Labute approximate surface area is 123 Å². The molecule has 0 aromatic heterocycles. The molecule has 1 amide bonds. The molecule has 2 rings (SSSR count). The monoisotopic (exact) mass is 293 g/mol. The van der Waals surface area contributed by atoms with Crippen molar-refractivity contribution in [3.05, 3.63) is 35.9 Å². The van der Waals surface area contributed by atoms with Crippen LogP contribution in [0.15, 0.2) is 30.3 Å². The third-order valence-electron chi connectivity index (χ3n) is 3.19. The normalized spacial score (nSPS) is 24.7. The Hall–Kier alpha value is -1.92. The second kappa shape index (κ2) is 7.19. The van der Waals surface area contributed by atoms with Crippen LogP contribution < -0.4 is 5.32 Å². The summed E-state index contributed by atoms with van der Waals surface area (Å²) in [6, 6.07) is 8.79. The standard InChI is InChI=1S/C15H19NO5/c1-10(17)16-13-14(12(9-19-2)21-15(13)18)20-8-11-6-4-3-5-7-11/h3-7,12-14H,8-9H2,1-2H3,(H,16,17)/t12-,13+,14-/m1/s1. The molecule has 1 fully saturated rings. The van der Waals surface area contributed by atoms with Crippen molar-refractivity contribution in [1.29, 1.82) is 0 Å². The number of hydrogen-bond donors (Lipinski definition) is 1. The number of cyclic esters (lactones) is 1. The first-order chi connectivity index (χ1) is 10.1. The number of benzene rings is 1. The highest BCUT2D eigenvalue weighted by Crippen LogP contribution is 2.21. The lowest BCUT2D eigenvalue weighted by Crippen LogP contribution is -2.47. The maximum atomic E-state index is 11.8. The number of hydrogen-bond acceptors (Lipinski definition) is 5. The van der Waals surface area contributed by atoms with Crippen molar-refractivity contribution in [3.63, 3.8) is 0 Å². The fourth-order valence-electron chi connectivity index (χ4n) is 2.26. The zero-order valence-corrected chi connectivity index (χ0v) is 12.1. The fraction of sp³-hybridized carbons (Fsp3) is 0.467. The summed E-state index contributed by atoms with van der Waals surface area (Å²) in [5, 5.41) is 2.57. The van der Waals surface area contributed by atoms with Crippen LogP contribution in [0.3, 0.4) is 0 Å². The topological polar surface area (TPSA) is 73.9 Å². The fourth-order valence-corrected chi connectivity index (χ4v) is 2.26. The largest absolute Gasteiger partial charge is 0.455 e. The summed E-state index contributed by atoms with van der Waals surface area (Å²) in [5.74, 6) is -0.798. The van der Waals surface area contributed by atoms with Gasteiger partial charge in [-0.25, -0.2) is 4.79 Å². The van der Waals surface area contributed by atoms with Gasteiger partial charge in [-0.3, -0.25) is 4.79 Å². The quantitative estimate of drug-likeness (QED) is 0.780. The molecule has 0 bridgehead atoms. The van der Waals surface area contributed by atoms with Crippen LogP contribution in [0.4, 0.5) is 0 Å². The van der Waals surface area contributed by atoms with E-state index in [4.69, 9.17) is 14.2 Å². The average molecular weight is 293 g/mol. The molecule has 0 saturated carbocycles. The summed E-state index contributed by atoms with van der Waals surface area (Å²) in [5.41, 5.74) is 0.981. The van der Waals surface area contributed by atoms with Gasteiger partial charge in [0, 0.05) is 14.0 Å². The maximum absolute atomic E-state index is 11.8. The predicted octanol–water partition coefficient (Wildman–Crippen LogP) is 0.648. The Kier molecular flexibility index (Phi) is 5.30. The van der Waals surface area contributed by atoms with Crippen molar-refractivity contribution in [2.45, 2.75) is 31.8 Å². The van der Waals surface area contributed by atoms with E-state index in [1.807, 2.05) is 30.3 Å². The van der Waals surface area contributed by atoms with Gasteiger partial charge in [0.05, 0.1) is 13.2 Å². The summed E-state index contributed by atoms with van der Waals surface area (Å²) in [6.07, 6.45) is -1.09. The molecule has 1 saturated heterocycles. The van der Waals surface area contributed by atoms with Crippen LogP contribution in [-0.2, 0) is 30.4 Å². The van der Waals surface area contributed by atoms with Crippen LogP contribution in [0.1, 0.15) is 12.5 Å². The minimum atomic E-state index is -0.800. The highest BCUT2D eigenvalue weighted by molar-refractivity contribution is 5.85. The third kappa shape index (κ3) is 4.03. The third-order valence-corrected chi connectivity index (χ3v) is 3.19. The Bertz CT molecular complexity index is 490. The molecule has 0 radical (unpaired) electrons. The number of carbonyl (C=O) groups is 2. The number of methoxy groups -OCH3 is 1. The van der Waals surface area contributed by atoms with Crippen molar-refractivity contribution in [2.24, 2.45) is 0 Å². The van der Waals surface area contributed by atoms with Crippen LogP contribution in [-0.4, -0.2) is 43.8 Å². The molecule has 1 aromatic carbocycles. The lowest BCUT2D eigenvalue weighted by molar-refractivity contribution is -0.145. The highest BCUT2D eigenvalue weighted by Gasteiger charge is 2.46. The summed E-state index contributed by atoms with van der Waals surface area (Å²) in [4.78, 5) is 23.1. The van der Waals surface area contributed by atoms with E-state index in [1.54, 1.807) is 0 Å². The number of nitrogens with one attached hydrogen (secondary N) is 1. The zero-order valence-electron chi connectivity index (χ0n) is 12.1. The van der Waals surface area contributed by atoms with Gasteiger partial charge in [0.1, 0.15) is 6.10 Å². The van der Waals surface area contributed by atoms with Gasteiger partial charge in [-0.05, 0) is 5.56 Å². The van der Waals surface area contributed by atoms with E-state index in [0.717, 1.165) is 5.56 Å². The SMILES string of the molecule is COC[C@H]1OC(=O)[C@@H](NC(C)=O)[C@@H]1OCc1ccccc1. The molecular weight excluding hydrogens is 274 g/mol. The van der Waals surface area contributed by atoms with Crippen molar-refractivity contribution in [3.8, 4) is 0 Å². The summed E-state index contributed by atoms with van der Waals surface area (Å²) in [6.45, 7) is 1.91. The van der Waals surface area contributed by atoms with Gasteiger partial charge in [-0.1, -0.05) is 30.3 Å². The summed E-state index contributed by atoms with van der Waals surface area (Å²) in [7, 11) is 1.52. The molecule has 1 aromatic rings. The van der Waals surface area contributed by atoms with Crippen molar-refractivity contribution < 1.29 is 23.8 Å². The number of rotatable bonds is 6. The van der Waals surface area contributed by atoms with Gasteiger partial charge < -0.3 is 19.5 Å². The number of amides is 1. The number of esters is 1. The van der Waals surface area contributed by atoms with Gasteiger partial charge >= 0.3 is 5.97 Å². The molecule has 1 aliphatic heterocycles. The lowest BCUT2D eigenvalue weighted by Gasteiger charge is -2.21.